The van der Waals surface area contributed by atoms with E-state index >= 15 is 0 Å². The number of benzene rings is 8. The Morgan fingerprint density at radius 1 is 0.433 bits per heavy atom. The van der Waals surface area contributed by atoms with Crippen LogP contribution in [0.1, 0.15) is 43.2 Å². The largest absolute Gasteiger partial charge is 0.309 e. The van der Waals surface area contributed by atoms with Crippen LogP contribution in [0.15, 0.2) is 195 Å². The van der Waals surface area contributed by atoms with E-state index in [4.69, 9.17) is 0 Å². The van der Waals surface area contributed by atoms with E-state index in [-0.39, 0.29) is 5.41 Å². The number of hydrogen-bond acceptors (Lipinski definition) is 0. The molecule has 2 heterocycles. The number of fused-ring (bicyclic) bond motifs is 7. The number of nitrogens with zero attached hydrogens (tertiary/aromatic N) is 2. The third kappa shape index (κ3) is 5.48. The Kier molecular flexibility index (Phi) is 8.25. The Morgan fingerprint density at radius 2 is 0.950 bits per heavy atom. The molecule has 0 saturated heterocycles. The first-order chi connectivity index (χ1) is 29.4. The topological polar surface area (TPSA) is 9.86 Å². The first-order valence-corrected chi connectivity index (χ1v) is 20.9. The van der Waals surface area contributed by atoms with Crippen molar-refractivity contribution in [1.29, 1.82) is 0 Å². The quantitative estimate of drug-likeness (QED) is 0.153. The Balaban J connectivity index is 1.15. The molecule has 0 aliphatic heterocycles. The lowest BCUT2D eigenvalue weighted by atomic mass is 9.81. The highest BCUT2D eigenvalue weighted by Crippen LogP contribution is 2.50. The molecule has 0 unspecified atom stereocenters. The van der Waals surface area contributed by atoms with Gasteiger partial charge in [0.2, 0.25) is 0 Å². The zero-order valence-electron chi connectivity index (χ0n) is 34.2. The number of allylic oxidation sites excluding steroid dienone is 1. The third-order valence-electron chi connectivity index (χ3n) is 12.8. The van der Waals surface area contributed by atoms with Crippen LogP contribution in [-0.4, -0.2) is 9.13 Å². The predicted octanol–water partition coefficient (Wildman–Crippen LogP) is 15.7. The molecule has 0 N–H and O–H groups in total. The summed E-state index contributed by atoms with van der Waals surface area (Å²) in [7, 11) is 0. The summed E-state index contributed by atoms with van der Waals surface area (Å²) in [5, 5.41) is 3.70. The summed E-state index contributed by atoms with van der Waals surface area (Å²) < 4.78 is 4.76. The summed E-state index contributed by atoms with van der Waals surface area (Å²) in [4.78, 5) is 0. The molecule has 0 amide bonds. The number of aromatic nitrogens is 2. The van der Waals surface area contributed by atoms with E-state index in [1.165, 1.54) is 82.8 Å². The van der Waals surface area contributed by atoms with Gasteiger partial charge in [0.1, 0.15) is 0 Å². The molecular formula is C58H44N2. The summed E-state index contributed by atoms with van der Waals surface area (Å²) in [6.07, 6.45) is 6.31. The minimum absolute atomic E-state index is 0.0976. The first-order valence-electron chi connectivity index (χ1n) is 20.9. The minimum atomic E-state index is -0.0976. The van der Waals surface area contributed by atoms with Crippen molar-refractivity contribution < 1.29 is 0 Å². The van der Waals surface area contributed by atoms with Crippen molar-refractivity contribution in [3.63, 3.8) is 0 Å². The molecule has 2 nitrogen and oxygen atoms in total. The second kappa shape index (κ2) is 13.9. The molecule has 0 spiro atoms. The molecule has 0 fully saturated rings. The second-order valence-electron chi connectivity index (χ2n) is 16.6. The zero-order valence-corrected chi connectivity index (χ0v) is 34.2. The summed E-state index contributed by atoms with van der Waals surface area (Å²) >= 11 is 0. The van der Waals surface area contributed by atoms with Gasteiger partial charge in [-0.15, -0.1) is 0 Å². The monoisotopic (exact) mass is 768 g/mol. The summed E-state index contributed by atoms with van der Waals surface area (Å²) in [5.41, 5.74) is 20.5. The summed E-state index contributed by atoms with van der Waals surface area (Å²) in [6, 6.07) is 67.2. The van der Waals surface area contributed by atoms with Gasteiger partial charge in [-0.1, -0.05) is 148 Å². The molecule has 10 aromatic rings. The number of rotatable bonds is 7. The highest BCUT2D eigenvalue weighted by atomic mass is 15.0. The van der Waals surface area contributed by atoms with E-state index < -0.39 is 0 Å². The van der Waals surface area contributed by atoms with Crippen molar-refractivity contribution in [2.75, 3.05) is 0 Å². The molecule has 0 saturated carbocycles. The van der Waals surface area contributed by atoms with E-state index in [2.05, 4.69) is 231 Å². The van der Waals surface area contributed by atoms with Crippen molar-refractivity contribution in [3.05, 3.63) is 217 Å². The van der Waals surface area contributed by atoms with Gasteiger partial charge in [0.05, 0.1) is 22.2 Å². The van der Waals surface area contributed by atoms with Gasteiger partial charge in [-0.25, -0.2) is 0 Å². The average molecular weight is 769 g/mol. The molecular weight excluding hydrogens is 725 g/mol. The van der Waals surface area contributed by atoms with Crippen molar-refractivity contribution in [3.8, 4) is 55.9 Å². The van der Waals surface area contributed by atoms with E-state index in [9.17, 15) is 0 Å². The maximum atomic E-state index is 4.28. The van der Waals surface area contributed by atoms with Gasteiger partial charge in [0.25, 0.3) is 0 Å². The molecule has 2 aromatic heterocycles. The van der Waals surface area contributed by atoms with Gasteiger partial charge in [0, 0.05) is 38.5 Å². The molecule has 1 aliphatic carbocycles. The van der Waals surface area contributed by atoms with Crippen molar-refractivity contribution in [2.24, 2.45) is 0 Å². The molecule has 1 aliphatic rings. The van der Waals surface area contributed by atoms with Gasteiger partial charge >= 0.3 is 0 Å². The maximum absolute atomic E-state index is 4.28. The number of para-hydroxylation sites is 3. The van der Waals surface area contributed by atoms with Crippen molar-refractivity contribution in [2.45, 2.75) is 26.2 Å². The van der Waals surface area contributed by atoms with Crippen LogP contribution in [0.2, 0.25) is 0 Å². The molecule has 11 rings (SSSR count). The lowest BCUT2D eigenvalue weighted by molar-refractivity contribution is 0.660. The van der Waals surface area contributed by atoms with E-state index in [1.54, 1.807) is 0 Å². The van der Waals surface area contributed by atoms with Gasteiger partial charge in [0.15, 0.2) is 0 Å². The van der Waals surface area contributed by atoms with Crippen LogP contribution < -0.4 is 0 Å². The molecule has 0 atom stereocenters. The van der Waals surface area contributed by atoms with Crippen LogP contribution in [0.4, 0.5) is 0 Å². The zero-order chi connectivity index (χ0) is 40.5. The SMILES string of the molecule is C=Cc1c(/C=C\C)c2ccc(-c3cc(-c4ccc5c(c4)C(C)(C)c4ccccc4-5)cc(-c4ccc5c6ccccc6n(-c6ccccc6)c5c4)c3)cc2n1-c1ccccc1. The Bertz CT molecular complexity index is 3350. The smallest absolute Gasteiger partial charge is 0.0547 e. The lowest BCUT2D eigenvalue weighted by Gasteiger charge is -2.22. The molecule has 60 heavy (non-hydrogen) atoms. The van der Waals surface area contributed by atoms with E-state index in [0.29, 0.717) is 0 Å². The van der Waals surface area contributed by atoms with Crippen LogP contribution in [-0.2, 0) is 5.41 Å². The molecule has 8 aromatic carbocycles. The minimum Gasteiger partial charge on any atom is -0.309 e. The molecule has 286 valence electrons. The van der Waals surface area contributed by atoms with Gasteiger partial charge in [-0.3, -0.25) is 0 Å². The predicted molar refractivity (Wildman–Crippen MR) is 256 cm³/mol. The van der Waals surface area contributed by atoms with Crippen LogP contribution in [0.25, 0.3) is 101 Å². The van der Waals surface area contributed by atoms with Crippen LogP contribution in [0.5, 0.6) is 0 Å². The lowest BCUT2D eigenvalue weighted by Crippen LogP contribution is -2.14. The number of hydrogen-bond donors (Lipinski definition) is 0. The highest BCUT2D eigenvalue weighted by Gasteiger charge is 2.35. The Labute approximate surface area is 351 Å². The van der Waals surface area contributed by atoms with E-state index in [0.717, 1.165) is 28.1 Å². The molecule has 0 radical (unpaired) electrons. The fraction of sp³-hybridized carbons (Fsp3) is 0.0690. The van der Waals surface area contributed by atoms with Crippen LogP contribution in [0.3, 0.4) is 0 Å². The van der Waals surface area contributed by atoms with E-state index in [1.807, 2.05) is 6.08 Å². The summed E-state index contributed by atoms with van der Waals surface area (Å²) in [6.45, 7) is 11.1. The third-order valence-corrected chi connectivity index (χ3v) is 12.8. The highest BCUT2D eigenvalue weighted by molar-refractivity contribution is 6.10. The van der Waals surface area contributed by atoms with Crippen LogP contribution >= 0.6 is 0 Å². The fourth-order valence-corrected chi connectivity index (χ4v) is 9.93. The van der Waals surface area contributed by atoms with Gasteiger partial charge < -0.3 is 9.13 Å². The standard InChI is InChI=1S/C58H44N2/c1-5-17-48-50-30-27-39(36-56(50)59(54(48)6-2)44-18-9-7-10-19-44)42-32-41(38-26-29-47-46-22-13-15-24-52(46)58(3,4)53(47)35-38)33-43(34-42)40-28-31-51-49-23-14-16-25-55(49)60(57(51)37-40)45-20-11-8-12-21-45/h5-37H,2H2,1,3-4H3/b17-5-. The average Bonchev–Trinajstić information content (AvgIpc) is 3.88. The Hall–Kier alpha value is -7.42. The second-order valence-corrected chi connectivity index (χ2v) is 16.6. The van der Waals surface area contributed by atoms with Gasteiger partial charge in [-0.2, -0.15) is 0 Å². The molecule has 2 heteroatoms. The normalized spacial score (nSPS) is 13.1. The Morgan fingerprint density at radius 3 is 1.62 bits per heavy atom. The van der Waals surface area contributed by atoms with Crippen molar-refractivity contribution >= 4 is 44.9 Å². The maximum Gasteiger partial charge on any atom is 0.0547 e. The fourth-order valence-electron chi connectivity index (χ4n) is 9.93. The first kappa shape index (κ1) is 35.7. The summed E-state index contributed by atoms with van der Waals surface area (Å²) in [5.74, 6) is 0. The molecule has 0 bridgehead atoms. The van der Waals surface area contributed by atoms with Crippen molar-refractivity contribution in [1.82, 2.24) is 9.13 Å². The van der Waals surface area contributed by atoms with Crippen LogP contribution in [0, 0.1) is 0 Å². The van der Waals surface area contributed by atoms with Gasteiger partial charge in [-0.05, 0) is 135 Å².